The summed E-state index contributed by atoms with van der Waals surface area (Å²) in [6.45, 7) is 6.75. The van der Waals surface area contributed by atoms with Crippen molar-refractivity contribution in [3.63, 3.8) is 0 Å². The van der Waals surface area contributed by atoms with E-state index in [1.165, 1.54) is 0 Å². The summed E-state index contributed by atoms with van der Waals surface area (Å²) in [5, 5.41) is 0. The molecular weight excluding hydrogens is 208 g/mol. The first-order valence-corrected chi connectivity index (χ1v) is 5.66. The first-order chi connectivity index (χ1) is 7.06. The summed E-state index contributed by atoms with van der Waals surface area (Å²) in [6.07, 6.45) is 6.43. The lowest BCUT2D eigenvalue weighted by Crippen LogP contribution is -2.20. The Kier molecular flexibility index (Phi) is 4.29. The van der Waals surface area contributed by atoms with Crippen LogP contribution in [0.25, 0.3) is 0 Å². The normalized spacial score (nSPS) is 24.5. The largest absolute Gasteiger partial charge is 0.498 e. The molecule has 0 bridgehead atoms. The molecule has 1 atom stereocenters. The lowest BCUT2D eigenvalue weighted by atomic mass is 9.98. The van der Waals surface area contributed by atoms with Crippen molar-refractivity contribution in [3.05, 3.63) is 24.0 Å². The molecule has 0 aromatic rings. The Balaban J connectivity index is 2.71. The summed E-state index contributed by atoms with van der Waals surface area (Å²) in [6, 6.07) is 0. The average molecular weight is 225 g/mol. The molecule has 1 rings (SSSR count). The highest BCUT2D eigenvalue weighted by atomic mass is 35.5. The van der Waals surface area contributed by atoms with Crippen LogP contribution in [-0.4, -0.2) is 11.5 Å². The van der Waals surface area contributed by atoms with Gasteiger partial charge in [0.1, 0.15) is 4.87 Å². The molecule has 15 heavy (non-hydrogen) atoms. The molecule has 0 saturated heterocycles. The van der Waals surface area contributed by atoms with Gasteiger partial charge in [-0.2, -0.15) is 0 Å². The van der Waals surface area contributed by atoms with Gasteiger partial charge in [-0.15, -0.1) is 0 Å². The minimum atomic E-state index is -0.580. The third-order valence-corrected chi connectivity index (χ3v) is 2.33. The molecule has 0 aliphatic heterocycles. The second kappa shape index (κ2) is 5.28. The second-order valence-electron chi connectivity index (χ2n) is 3.89. The van der Waals surface area contributed by atoms with Crippen LogP contribution in [0.5, 0.6) is 0 Å². The summed E-state index contributed by atoms with van der Waals surface area (Å²) in [5.41, 5.74) is 0. The molecule has 0 spiro atoms. The quantitative estimate of drug-likeness (QED) is 0.515. The van der Waals surface area contributed by atoms with Gasteiger partial charge >= 0.3 is 0 Å². The van der Waals surface area contributed by atoms with Gasteiger partial charge in [0.05, 0.1) is 12.4 Å². The Bertz CT molecular complexity index is 330. The van der Waals surface area contributed by atoms with E-state index in [0.717, 1.165) is 5.76 Å². The highest BCUT2D eigenvalue weighted by Gasteiger charge is 2.25. The fraction of sp³-hybridized carbons (Fsp3) is 0.538. The van der Waals surface area contributed by atoms with Gasteiger partial charge in [-0.3, -0.25) is 0 Å². The minimum Gasteiger partial charge on any atom is -0.498 e. The smallest absolute Gasteiger partial charge is 0.130 e. The second-order valence-corrected chi connectivity index (χ2v) is 4.56. The topological polar surface area (TPSA) is 9.23 Å². The molecule has 1 aliphatic carbocycles. The fourth-order valence-electron chi connectivity index (χ4n) is 1.31. The summed E-state index contributed by atoms with van der Waals surface area (Å²) >= 11 is 6.37. The van der Waals surface area contributed by atoms with Crippen molar-refractivity contribution >= 4 is 11.6 Å². The first-order valence-electron chi connectivity index (χ1n) is 5.28. The fourth-order valence-corrected chi connectivity index (χ4v) is 1.57. The van der Waals surface area contributed by atoms with Crippen LogP contribution < -0.4 is 0 Å². The van der Waals surface area contributed by atoms with E-state index in [-0.39, 0.29) is 0 Å². The molecule has 0 heterocycles. The van der Waals surface area contributed by atoms with Crippen molar-refractivity contribution in [2.24, 2.45) is 5.92 Å². The zero-order chi connectivity index (χ0) is 11.3. The zero-order valence-corrected chi connectivity index (χ0v) is 10.3. The SMILES string of the molecule is CCOC1=CC=CC(Cl)(C#CC(C)C)C1. The molecule has 0 fully saturated rings. The van der Waals surface area contributed by atoms with Crippen LogP contribution in [-0.2, 0) is 4.74 Å². The van der Waals surface area contributed by atoms with Gasteiger partial charge in [0, 0.05) is 12.3 Å². The van der Waals surface area contributed by atoms with E-state index in [0.29, 0.717) is 18.9 Å². The number of rotatable bonds is 2. The Morgan fingerprint density at radius 3 is 2.93 bits per heavy atom. The standard InChI is InChI=1S/C13H17ClO/c1-4-15-12-6-5-8-13(14,10-12)9-7-11(2)3/h5-6,8,11H,4,10H2,1-3H3. The number of ether oxygens (including phenoxy) is 1. The molecule has 0 saturated carbocycles. The van der Waals surface area contributed by atoms with E-state index in [1.807, 2.05) is 25.2 Å². The van der Waals surface area contributed by atoms with E-state index in [4.69, 9.17) is 16.3 Å². The monoisotopic (exact) mass is 224 g/mol. The molecular formula is C13H17ClO. The summed E-state index contributed by atoms with van der Waals surface area (Å²) in [5.74, 6) is 7.45. The summed E-state index contributed by atoms with van der Waals surface area (Å²) < 4.78 is 5.44. The summed E-state index contributed by atoms with van der Waals surface area (Å²) in [7, 11) is 0. The third kappa shape index (κ3) is 4.01. The van der Waals surface area contributed by atoms with Crippen LogP contribution in [0.15, 0.2) is 24.0 Å². The third-order valence-electron chi connectivity index (χ3n) is 1.97. The van der Waals surface area contributed by atoms with Crippen molar-refractivity contribution in [2.45, 2.75) is 32.1 Å². The molecule has 1 aliphatic rings. The van der Waals surface area contributed by atoms with Crippen molar-refractivity contribution < 1.29 is 4.74 Å². The Hall–Kier alpha value is -0.870. The lowest BCUT2D eigenvalue weighted by molar-refractivity contribution is 0.215. The van der Waals surface area contributed by atoms with E-state index in [1.54, 1.807) is 0 Å². The van der Waals surface area contributed by atoms with Gasteiger partial charge < -0.3 is 4.74 Å². The number of alkyl halides is 1. The molecule has 2 heteroatoms. The van der Waals surface area contributed by atoms with Gasteiger partial charge in [0.2, 0.25) is 0 Å². The highest BCUT2D eigenvalue weighted by molar-refractivity contribution is 6.27. The maximum absolute atomic E-state index is 6.37. The van der Waals surface area contributed by atoms with Crippen molar-refractivity contribution in [1.82, 2.24) is 0 Å². The van der Waals surface area contributed by atoms with Gasteiger partial charge in [-0.25, -0.2) is 0 Å². The van der Waals surface area contributed by atoms with Crippen LogP contribution in [0.2, 0.25) is 0 Å². The predicted molar refractivity (Wildman–Crippen MR) is 64.7 cm³/mol. The highest BCUT2D eigenvalue weighted by Crippen LogP contribution is 2.29. The molecule has 0 N–H and O–H groups in total. The van der Waals surface area contributed by atoms with Crippen molar-refractivity contribution in [3.8, 4) is 11.8 Å². The first kappa shape index (κ1) is 12.2. The van der Waals surface area contributed by atoms with Gasteiger partial charge in [0.15, 0.2) is 0 Å². The molecule has 0 aromatic carbocycles. The van der Waals surface area contributed by atoms with Gasteiger partial charge in [0.25, 0.3) is 0 Å². The average Bonchev–Trinajstić information content (AvgIpc) is 2.16. The lowest BCUT2D eigenvalue weighted by Gasteiger charge is -2.21. The molecule has 0 aromatic heterocycles. The summed E-state index contributed by atoms with van der Waals surface area (Å²) in [4.78, 5) is -0.580. The van der Waals surface area contributed by atoms with Gasteiger partial charge in [-0.1, -0.05) is 49.4 Å². The number of hydrogen-bond acceptors (Lipinski definition) is 1. The van der Waals surface area contributed by atoms with E-state index in [9.17, 15) is 0 Å². The van der Waals surface area contributed by atoms with Crippen molar-refractivity contribution in [1.29, 1.82) is 0 Å². The molecule has 1 unspecified atom stereocenters. The van der Waals surface area contributed by atoms with Crippen molar-refractivity contribution in [2.75, 3.05) is 6.61 Å². The van der Waals surface area contributed by atoms with Crippen LogP contribution in [0.4, 0.5) is 0 Å². The maximum Gasteiger partial charge on any atom is 0.130 e. The van der Waals surface area contributed by atoms with Crippen LogP contribution in [0.3, 0.4) is 0 Å². The number of hydrogen-bond donors (Lipinski definition) is 0. The van der Waals surface area contributed by atoms with Gasteiger partial charge in [-0.05, 0) is 13.0 Å². The van der Waals surface area contributed by atoms with Crippen LogP contribution in [0, 0.1) is 17.8 Å². The van der Waals surface area contributed by atoms with Crippen LogP contribution >= 0.6 is 11.6 Å². The molecule has 0 radical (unpaired) electrons. The Labute approximate surface area is 97.1 Å². The Morgan fingerprint density at radius 2 is 2.33 bits per heavy atom. The van der Waals surface area contributed by atoms with E-state index in [2.05, 4.69) is 25.7 Å². The number of allylic oxidation sites excluding steroid dienone is 4. The zero-order valence-electron chi connectivity index (χ0n) is 9.51. The predicted octanol–water partition coefficient (Wildman–Crippen LogP) is 3.50. The van der Waals surface area contributed by atoms with Crippen LogP contribution in [0.1, 0.15) is 27.2 Å². The Morgan fingerprint density at radius 1 is 1.60 bits per heavy atom. The molecule has 1 nitrogen and oxygen atoms in total. The van der Waals surface area contributed by atoms with E-state index < -0.39 is 4.87 Å². The minimum absolute atomic E-state index is 0.343. The molecule has 0 amide bonds. The number of halogens is 1. The maximum atomic E-state index is 6.37. The molecule has 82 valence electrons. The van der Waals surface area contributed by atoms with E-state index >= 15 is 0 Å².